The van der Waals surface area contributed by atoms with Gasteiger partial charge in [0.1, 0.15) is 0 Å². The fourth-order valence-electron chi connectivity index (χ4n) is 7.34. The quantitative estimate of drug-likeness (QED) is 0.214. The lowest BCUT2D eigenvalue weighted by Gasteiger charge is -2.22. The molecule has 0 N–H and O–H groups in total. The van der Waals surface area contributed by atoms with Gasteiger partial charge in [0.15, 0.2) is 5.82 Å². The molecular formula is C41H29N3. The first-order valence-corrected chi connectivity index (χ1v) is 15.2. The van der Waals surface area contributed by atoms with Crippen molar-refractivity contribution in [1.29, 1.82) is 0 Å². The summed E-state index contributed by atoms with van der Waals surface area (Å²) < 4.78 is 2.36. The van der Waals surface area contributed by atoms with Crippen LogP contribution in [0.4, 0.5) is 0 Å². The van der Waals surface area contributed by atoms with Crippen LogP contribution in [0.5, 0.6) is 0 Å². The number of hydrogen-bond donors (Lipinski definition) is 0. The zero-order chi connectivity index (χ0) is 29.4. The molecule has 0 spiro atoms. The third-order valence-electron chi connectivity index (χ3n) is 9.32. The van der Waals surface area contributed by atoms with Crippen LogP contribution in [0.25, 0.3) is 72.0 Å². The Labute approximate surface area is 256 Å². The predicted molar refractivity (Wildman–Crippen MR) is 182 cm³/mol. The highest BCUT2D eigenvalue weighted by Crippen LogP contribution is 2.53. The van der Waals surface area contributed by atoms with E-state index in [2.05, 4.69) is 152 Å². The van der Waals surface area contributed by atoms with Crippen LogP contribution in [0.15, 0.2) is 140 Å². The lowest BCUT2D eigenvalue weighted by atomic mass is 9.82. The Hall–Kier alpha value is -5.54. The van der Waals surface area contributed by atoms with Crippen LogP contribution in [-0.2, 0) is 5.41 Å². The second kappa shape index (κ2) is 9.23. The molecule has 1 aliphatic carbocycles. The van der Waals surface area contributed by atoms with Gasteiger partial charge in [0.25, 0.3) is 0 Å². The predicted octanol–water partition coefficient (Wildman–Crippen LogP) is 10.4. The molecule has 1 aliphatic rings. The first-order valence-electron chi connectivity index (χ1n) is 15.2. The average molecular weight is 564 g/mol. The highest BCUT2D eigenvalue weighted by Gasteiger charge is 2.41. The monoisotopic (exact) mass is 563 g/mol. The SMILES string of the molecule is CC1(C)c2nc(-c3ccccc3)nc(-c3ccc4c(c3)c3ccccc3n4-c3ccccc3)c2-c2ccc3ccccc3c21. The van der Waals surface area contributed by atoms with Crippen molar-refractivity contribution in [2.75, 3.05) is 0 Å². The van der Waals surface area contributed by atoms with Gasteiger partial charge in [0.2, 0.25) is 0 Å². The summed E-state index contributed by atoms with van der Waals surface area (Å²) in [5.74, 6) is 0.761. The Kier molecular flexibility index (Phi) is 5.24. The summed E-state index contributed by atoms with van der Waals surface area (Å²) in [7, 11) is 0. The third-order valence-corrected chi connectivity index (χ3v) is 9.32. The van der Waals surface area contributed by atoms with Crippen LogP contribution in [0, 0.1) is 0 Å². The van der Waals surface area contributed by atoms with Gasteiger partial charge in [-0.3, -0.25) is 0 Å². The number of rotatable bonds is 3. The van der Waals surface area contributed by atoms with Gasteiger partial charge in [-0.2, -0.15) is 0 Å². The number of hydrogen-bond acceptors (Lipinski definition) is 2. The molecule has 0 atom stereocenters. The molecule has 8 aromatic rings. The van der Waals surface area contributed by atoms with Crippen molar-refractivity contribution in [3.05, 3.63) is 151 Å². The smallest absolute Gasteiger partial charge is 0.160 e. The summed E-state index contributed by atoms with van der Waals surface area (Å²) in [6.07, 6.45) is 0. The molecule has 2 aromatic heterocycles. The van der Waals surface area contributed by atoms with Crippen LogP contribution < -0.4 is 0 Å². The van der Waals surface area contributed by atoms with Gasteiger partial charge in [0, 0.05) is 38.6 Å². The molecule has 2 heterocycles. The number of aromatic nitrogens is 3. The summed E-state index contributed by atoms with van der Waals surface area (Å²) in [4.78, 5) is 10.7. The van der Waals surface area contributed by atoms with Gasteiger partial charge in [-0.25, -0.2) is 9.97 Å². The Morgan fingerprint density at radius 1 is 0.545 bits per heavy atom. The zero-order valence-corrected chi connectivity index (χ0v) is 24.6. The maximum atomic E-state index is 5.36. The van der Waals surface area contributed by atoms with Crippen molar-refractivity contribution in [2.24, 2.45) is 0 Å². The van der Waals surface area contributed by atoms with E-state index in [1.54, 1.807) is 0 Å². The van der Waals surface area contributed by atoms with Crippen LogP contribution >= 0.6 is 0 Å². The first kappa shape index (κ1) is 25.0. The van der Waals surface area contributed by atoms with E-state index in [4.69, 9.17) is 9.97 Å². The number of benzene rings is 6. The van der Waals surface area contributed by atoms with Gasteiger partial charge in [-0.15, -0.1) is 0 Å². The van der Waals surface area contributed by atoms with Crippen molar-refractivity contribution in [2.45, 2.75) is 19.3 Å². The van der Waals surface area contributed by atoms with Gasteiger partial charge in [-0.1, -0.05) is 123 Å². The maximum absolute atomic E-state index is 5.36. The molecule has 0 fully saturated rings. The average Bonchev–Trinajstić information content (AvgIpc) is 3.53. The highest BCUT2D eigenvalue weighted by molar-refractivity contribution is 6.11. The van der Waals surface area contributed by atoms with Crippen molar-refractivity contribution in [3.63, 3.8) is 0 Å². The first-order chi connectivity index (χ1) is 21.6. The molecule has 0 amide bonds. The van der Waals surface area contributed by atoms with Crippen LogP contribution in [0.3, 0.4) is 0 Å². The highest BCUT2D eigenvalue weighted by atomic mass is 15.0. The minimum Gasteiger partial charge on any atom is -0.309 e. The van der Waals surface area contributed by atoms with Gasteiger partial charge in [0.05, 0.1) is 22.4 Å². The van der Waals surface area contributed by atoms with E-state index in [1.165, 1.54) is 43.7 Å². The molecule has 6 aromatic carbocycles. The molecule has 0 unspecified atom stereocenters. The molecule has 44 heavy (non-hydrogen) atoms. The van der Waals surface area contributed by atoms with E-state index >= 15 is 0 Å². The number of para-hydroxylation sites is 2. The van der Waals surface area contributed by atoms with E-state index in [-0.39, 0.29) is 5.41 Å². The van der Waals surface area contributed by atoms with Crippen molar-refractivity contribution in [3.8, 4) is 39.5 Å². The van der Waals surface area contributed by atoms with Crippen LogP contribution in [-0.4, -0.2) is 14.5 Å². The van der Waals surface area contributed by atoms with Gasteiger partial charge >= 0.3 is 0 Å². The van der Waals surface area contributed by atoms with Crippen LogP contribution in [0.2, 0.25) is 0 Å². The molecule has 208 valence electrons. The van der Waals surface area contributed by atoms with E-state index in [9.17, 15) is 0 Å². The minimum absolute atomic E-state index is 0.291. The second-order valence-electron chi connectivity index (χ2n) is 12.2. The third kappa shape index (κ3) is 3.50. The fourth-order valence-corrected chi connectivity index (χ4v) is 7.34. The number of nitrogens with zero attached hydrogens (tertiary/aromatic N) is 3. The van der Waals surface area contributed by atoms with E-state index < -0.39 is 0 Å². The van der Waals surface area contributed by atoms with E-state index in [0.29, 0.717) is 0 Å². The molecule has 3 heteroatoms. The maximum Gasteiger partial charge on any atom is 0.160 e. The van der Waals surface area contributed by atoms with Crippen molar-refractivity contribution < 1.29 is 0 Å². The summed E-state index contributed by atoms with van der Waals surface area (Å²) >= 11 is 0. The molecule has 0 radical (unpaired) electrons. The van der Waals surface area contributed by atoms with Crippen molar-refractivity contribution >= 4 is 32.6 Å². The molecule has 0 saturated heterocycles. The molecule has 3 nitrogen and oxygen atoms in total. The second-order valence-corrected chi connectivity index (χ2v) is 12.2. The lowest BCUT2D eigenvalue weighted by Crippen LogP contribution is -2.18. The Bertz CT molecular complexity index is 2400. The molecule has 0 aliphatic heterocycles. The molecule has 9 rings (SSSR count). The molecule has 0 bridgehead atoms. The zero-order valence-electron chi connectivity index (χ0n) is 24.6. The Morgan fingerprint density at radius 2 is 1.23 bits per heavy atom. The minimum atomic E-state index is -0.291. The number of fused-ring (bicyclic) bond motifs is 8. The van der Waals surface area contributed by atoms with E-state index in [0.717, 1.165) is 39.6 Å². The molecular weight excluding hydrogens is 534 g/mol. The molecule has 0 saturated carbocycles. The van der Waals surface area contributed by atoms with Crippen molar-refractivity contribution in [1.82, 2.24) is 14.5 Å². The Balaban J connectivity index is 1.37. The standard InChI is InChI=1S/C41H29N3/c1-41(2)37-30-18-10-9-13-26(30)21-23-32(37)36-38(42-40(43-39(36)41)27-14-5-3-6-15-27)28-22-24-35-33(25-28)31-19-11-12-20-34(31)44(35)29-16-7-4-8-17-29/h3-25H,1-2H3. The summed E-state index contributed by atoms with van der Waals surface area (Å²) in [5.41, 5.74) is 11.1. The van der Waals surface area contributed by atoms with Crippen LogP contribution in [0.1, 0.15) is 25.1 Å². The fraction of sp³-hybridized carbons (Fsp3) is 0.0732. The topological polar surface area (TPSA) is 30.7 Å². The summed E-state index contributed by atoms with van der Waals surface area (Å²) in [5, 5.41) is 4.97. The largest absolute Gasteiger partial charge is 0.309 e. The van der Waals surface area contributed by atoms with E-state index in [1.807, 2.05) is 6.07 Å². The summed E-state index contributed by atoms with van der Waals surface area (Å²) in [6, 6.07) is 49.7. The van der Waals surface area contributed by atoms with Gasteiger partial charge in [-0.05, 0) is 52.2 Å². The normalized spacial score (nSPS) is 13.4. The summed E-state index contributed by atoms with van der Waals surface area (Å²) in [6.45, 7) is 4.62. The van der Waals surface area contributed by atoms with Gasteiger partial charge < -0.3 is 4.57 Å². The Morgan fingerprint density at radius 3 is 2.05 bits per heavy atom. The lowest BCUT2D eigenvalue weighted by molar-refractivity contribution is 0.641.